The van der Waals surface area contributed by atoms with Crippen molar-refractivity contribution in [2.45, 2.75) is 0 Å². The van der Waals surface area contributed by atoms with E-state index in [0.29, 0.717) is 0 Å². The number of urea groups is 1. The van der Waals surface area contributed by atoms with Crippen molar-refractivity contribution >= 4 is 6.03 Å². The van der Waals surface area contributed by atoms with Gasteiger partial charge in [-0.2, -0.15) is 0 Å². The molecular formula is C5H12N2O3. The number of nitrogens with zero attached hydrogens (tertiary/aromatic N) is 2. The van der Waals surface area contributed by atoms with Crippen molar-refractivity contribution in [3.63, 3.8) is 0 Å². The minimum absolute atomic E-state index is 0.344. The Balaban J connectivity index is 3.82. The van der Waals surface area contributed by atoms with E-state index >= 15 is 0 Å². The average Bonchev–Trinajstić information content (AvgIpc) is 2.00. The van der Waals surface area contributed by atoms with Crippen LogP contribution in [0.3, 0.4) is 0 Å². The van der Waals surface area contributed by atoms with E-state index < -0.39 is 6.03 Å². The summed E-state index contributed by atoms with van der Waals surface area (Å²) in [5.74, 6) is 0. The van der Waals surface area contributed by atoms with Gasteiger partial charge in [-0.25, -0.2) is 4.79 Å². The van der Waals surface area contributed by atoms with Gasteiger partial charge in [-0.15, -0.1) is 0 Å². The Morgan fingerprint density at radius 3 is 1.70 bits per heavy atom. The molecule has 0 aliphatic heterocycles. The molecule has 0 fully saturated rings. The first-order chi connectivity index (χ1) is 4.63. The molecule has 0 bridgehead atoms. The summed E-state index contributed by atoms with van der Waals surface area (Å²) in [6, 6.07) is -0.412. The Kier molecular flexibility index (Phi) is 3.75. The number of carbonyl (C=O) groups is 1. The quantitative estimate of drug-likeness (QED) is 0.487. The fraction of sp³-hybridized carbons (Fsp3) is 0.800. The van der Waals surface area contributed by atoms with Gasteiger partial charge in [0.2, 0.25) is 0 Å². The molecule has 60 valence electrons. The highest BCUT2D eigenvalue weighted by molar-refractivity contribution is 5.73. The van der Waals surface area contributed by atoms with Gasteiger partial charge in [-0.05, 0) is 0 Å². The Labute approximate surface area is 59.5 Å². The fourth-order valence-corrected chi connectivity index (χ4v) is 0.412. The molecule has 2 amide bonds. The molecule has 0 aromatic carbocycles. The van der Waals surface area contributed by atoms with Crippen molar-refractivity contribution in [3.8, 4) is 0 Å². The van der Waals surface area contributed by atoms with Crippen molar-refractivity contribution in [2.24, 2.45) is 0 Å². The van der Waals surface area contributed by atoms with Gasteiger partial charge in [0.05, 0.1) is 0 Å². The molecule has 0 heterocycles. The Morgan fingerprint density at radius 1 is 1.20 bits per heavy atom. The molecule has 0 rings (SSSR count). The Morgan fingerprint density at radius 2 is 1.50 bits per heavy atom. The van der Waals surface area contributed by atoms with Gasteiger partial charge < -0.3 is 20.0 Å². The summed E-state index contributed by atoms with van der Waals surface area (Å²) in [5, 5.41) is 16.9. The first-order valence-corrected chi connectivity index (χ1v) is 2.81. The molecule has 2 N–H and O–H groups in total. The zero-order chi connectivity index (χ0) is 8.15. The van der Waals surface area contributed by atoms with Crippen LogP contribution < -0.4 is 0 Å². The minimum atomic E-state index is -0.412. The van der Waals surface area contributed by atoms with E-state index in [1.807, 2.05) is 0 Å². The van der Waals surface area contributed by atoms with Gasteiger partial charge in [0.25, 0.3) is 0 Å². The fourth-order valence-electron chi connectivity index (χ4n) is 0.412. The van der Waals surface area contributed by atoms with Gasteiger partial charge in [-0.3, -0.25) is 0 Å². The van der Waals surface area contributed by atoms with Gasteiger partial charge in [-0.1, -0.05) is 0 Å². The van der Waals surface area contributed by atoms with Gasteiger partial charge in [0, 0.05) is 14.1 Å². The molecule has 0 unspecified atom stereocenters. The lowest BCUT2D eigenvalue weighted by Gasteiger charge is -2.20. The molecule has 0 aliphatic carbocycles. The lowest BCUT2D eigenvalue weighted by Crippen LogP contribution is -2.39. The maximum atomic E-state index is 10.8. The number of aliphatic hydroxyl groups is 2. The second-order valence-electron chi connectivity index (χ2n) is 1.96. The summed E-state index contributed by atoms with van der Waals surface area (Å²) in [4.78, 5) is 13.0. The van der Waals surface area contributed by atoms with Crippen molar-refractivity contribution in [3.05, 3.63) is 0 Å². The van der Waals surface area contributed by atoms with Crippen LogP contribution in [0.25, 0.3) is 0 Å². The van der Waals surface area contributed by atoms with Gasteiger partial charge in [0.1, 0.15) is 13.5 Å². The molecule has 0 atom stereocenters. The minimum Gasteiger partial charge on any atom is -0.376 e. The van der Waals surface area contributed by atoms with Crippen molar-refractivity contribution in [1.29, 1.82) is 0 Å². The van der Waals surface area contributed by atoms with Crippen LogP contribution in [0.2, 0.25) is 0 Å². The maximum Gasteiger partial charge on any atom is 0.323 e. The van der Waals surface area contributed by atoms with Gasteiger partial charge in [0.15, 0.2) is 0 Å². The summed E-state index contributed by atoms with van der Waals surface area (Å²) < 4.78 is 0. The molecule has 10 heavy (non-hydrogen) atoms. The second-order valence-corrected chi connectivity index (χ2v) is 1.96. The van der Waals surface area contributed by atoms with Crippen LogP contribution in [0.15, 0.2) is 0 Å². The monoisotopic (exact) mass is 148 g/mol. The summed E-state index contributed by atoms with van der Waals surface area (Å²) in [6.45, 7) is -0.688. The van der Waals surface area contributed by atoms with Crippen LogP contribution in [0.5, 0.6) is 0 Å². The normalized spacial score (nSPS) is 9.20. The summed E-state index contributed by atoms with van der Waals surface area (Å²) in [6.07, 6.45) is 0. The molecular weight excluding hydrogens is 136 g/mol. The smallest absolute Gasteiger partial charge is 0.323 e. The zero-order valence-corrected chi connectivity index (χ0v) is 6.11. The van der Waals surface area contributed by atoms with Crippen LogP contribution in [0, 0.1) is 0 Å². The molecule has 0 aliphatic rings. The Hall–Kier alpha value is -0.810. The molecule has 5 nitrogen and oxygen atoms in total. The van der Waals surface area contributed by atoms with Gasteiger partial charge >= 0.3 is 6.03 Å². The number of hydrogen-bond donors (Lipinski definition) is 2. The number of hydrogen-bond acceptors (Lipinski definition) is 3. The maximum absolute atomic E-state index is 10.8. The van der Waals surface area contributed by atoms with E-state index in [0.717, 1.165) is 9.80 Å². The first-order valence-electron chi connectivity index (χ1n) is 2.81. The predicted molar refractivity (Wildman–Crippen MR) is 35.1 cm³/mol. The summed E-state index contributed by atoms with van der Waals surface area (Å²) in [5.41, 5.74) is 0. The number of aliphatic hydroxyl groups excluding tert-OH is 2. The zero-order valence-electron chi connectivity index (χ0n) is 6.11. The molecule has 0 aromatic heterocycles. The van der Waals surface area contributed by atoms with Crippen LogP contribution in [-0.2, 0) is 0 Å². The third-order valence-electron chi connectivity index (χ3n) is 1.08. The summed E-state index contributed by atoms with van der Waals surface area (Å²) >= 11 is 0. The molecule has 0 radical (unpaired) electrons. The van der Waals surface area contributed by atoms with E-state index in [4.69, 9.17) is 10.2 Å². The third kappa shape index (κ3) is 2.20. The van der Waals surface area contributed by atoms with Crippen molar-refractivity contribution in [1.82, 2.24) is 9.80 Å². The number of carbonyl (C=O) groups excluding carboxylic acids is 1. The highest BCUT2D eigenvalue weighted by atomic mass is 16.3. The SMILES string of the molecule is CN(CO)C(=O)N(C)CO. The van der Waals surface area contributed by atoms with E-state index in [1.54, 1.807) is 0 Å². The van der Waals surface area contributed by atoms with E-state index in [2.05, 4.69) is 0 Å². The van der Waals surface area contributed by atoms with E-state index in [9.17, 15) is 4.79 Å². The number of amides is 2. The van der Waals surface area contributed by atoms with E-state index in [1.165, 1.54) is 14.1 Å². The first kappa shape index (κ1) is 9.19. The molecule has 0 spiro atoms. The summed E-state index contributed by atoms with van der Waals surface area (Å²) in [7, 11) is 2.88. The molecule has 0 aromatic rings. The topological polar surface area (TPSA) is 64.0 Å². The molecule has 5 heteroatoms. The number of rotatable bonds is 2. The van der Waals surface area contributed by atoms with Crippen LogP contribution >= 0.6 is 0 Å². The third-order valence-corrected chi connectivity index (χ3v) is 1.08. The lowest BCUT2D eigenvalue weighted by molar-refractivity contribution is 0.0884. The highest BCUT2D eigenvalue weighted by Gasteiger charge is 2.10. The largest absolute Gasteiger partial charge is 0.376 e. The van der Waals surface area contributed by atoms with E-state index in [-0.39, 0.29) is 13.5 Å². The standard InChI is InChI=1S/C5H12N2O3/c1-6(3-8)5(10)7(2)4-9/h8-9H,3-4H2,1-2H3. The van der Waals surface area contributed by atoms with Crippen LogP contribution in [0.4, 0.5) is 4.79 Å². The predicted octanol–water partition coefficient (Wildman–Crippen LogP) is -1.13. The molecule has 0 saturated carbocycles. The lowest BCUT2D eigenvalue weighted by atomic mass is 10.7. The second kappa shape index (κ2) is 4.08. The van der Waals surface area contributed by atoms with Crippen LogP contribution in [-0.4, -0.2) is 53.6 Å². The molecule has 0 saturated heterocycles. The highest BCUT2D eigenvalue weighted by Crippen LogP contribution is 1.89. The Bertz CT molecular complexity index is 105. The average molecular weight is 148 g/mol. The van der Waals surface area contributed by atoms with Crippen molar-refractivity contribution in [2.75, 3.05) is 27.6 Å². The van der Waals surface area contributed by atoms with Crippen LogP contribution in [0.1, 0.15) is 0 Å². The van der Waals surface area contributed by atoms with Crippen molar-refractivity contribution < 1.29 is 15.0 Å².